The van der Waals surface area contributed by atoms with Crippen LogP contribution in [-0.2, 0) is 11.8 Å². The molecule has 2 aliphatic heterocycles. The number of rotatable bonds is 3. The quantitative estimate of drug-likeness (QED) is 0.445. The topological polar surface area (TPSA) is 148 Å². The Balaban J connectivity index is 1.39. The van der Waals surface area contributed by atoms with Crippen LogP contribution in [0.5, 0.6) is 11.5 Å². The third-order valence-electron chi connectivity index (χ3n) is 8.05. The second-order valence-corrected chi connectivity index (χ2v) is 11.4. The Kier molecular flexibility index (Phi) is 10.1. The summed E-state index contributed by atoms with van der Waals surface area (Å²) in [6.45, 7) is 3.36. The lowest BCUT2D eigenvalue weighted by Gasteiger charge is -2.24. The average molecular weight is 636 g/mol. The summed E-state index contributed by atoms with van der Waals surface area (Å²) >= 11 is 0. The van der Waals surface area contributed by atoms with Crippen LogP contribution in [0.25, 0.3) is 0 Å². The molecule has 3 aromatic rings. The molecule has 0 unspecified atom stereocenters. The predicted molar refractivity (Wildman–Crippen MR) is 164 cm³/mol. The molecule has 1 fully saturated rings. The molecule has 13 nitrogen and oxygen atoms in total. The fraction of sp³-hybridized carbons (Fsp3) is 0.438. The van der Waals surface area contributed by atoms with Gasteiger partial charge in [-0.1, -0.05) is 0 Å². The second-order valence-electron chi connectivity index (χ2n) is 11.4. The van der Waals surface area contributed by atoms with Gasteiger partial charge in [0.1, 0.15) is 23.7 Å². The number of benzene rings is 1. The van der Waals surface area contributed by atoms with Gasteiger partial charge in [-0.2, -0.15) is 5.10 Å². The second kappa shape index (κ2) is 14.4. The van der Waals surface area contributed by atoms with Crippen molar-refractivity contribution in [2.75, 3.05) is 39.8 Å². The molecule has 0 radical (unpaired) electrons. The summed E-state index contributed by atoms with van der Waals surface area (Å²) in [5.41, 5.74) is 1.54. The maximum Gasteiger partial charge on any atom is 0.272 e. The number of carbonyl (C=O) groups is 4. The molecule has 4 bridgehead atoms. The van der Waals surface area contributed by atoms with Gasteiger partial charge in [0, 0.05) is 51.4 Å². The van der Waals surface area contributed by atoms with Crippen molar-refractivity contribution in [2.45, 2.75) is 44.8 Å². The first-order chi connectivity index (χ1) is 22.1. The minimum atomic E-state index is -0.897. The number of fused-ring (bicyclic) bond motifs is 4. The third-order valence-corrected chi connectivity index (χ3v) is 8.05. The summed E-state index contributed by atoms with van der Waals surface area (Å²) in [5, 5.41) is 10.1. The number of likely N-dealkylation sites (tertiary alicyclic amines) is 1. The van der Waals surface area contributed by atoms with Crippen molar-refractivity contribution in [3.8, 4) is 11.5 Å². The zero-order valence-electron chi connectivity index (χ0n) is 26.1. The van der Waals surface area contributed by atoms with Gasteiger partial charge < -0.3 is 29.9 Å². The summed E-state index contributed by atoms with van der Waals surface area (Å²) in [6, 6.07) is 6.70. The van der Waals surface area contributed by atoms with E-state index in [9.17, 15) is 23.6 Å². The van der Waals surface area contributed by atoms with Gasteiger partial charge in [0.25, 0.3) is 17.7 Å². The van der Waals surface area contributed by atoms with Crippen molar-refractivity contribution >= 4 is 23.6 Å². The fourth-order valence-corrected chi connectivity index (χ4v) is 5.76. The Labute approximate surface area is 266 Å². The monoisotopic (exact) mass is 635 g/mol. The van der Waals surface area contributed by atoms with Crippen molar-refractivity contribution in [3.63, 3.8) is 0 Å². The first-order valence-electron chi connectivity index (χ1n) is 15.3. The number of nitrogens with one attached hydrogen (secondary N) is 2. The summed E-state index contributed by atoms with van der Waals surface area (Å²) in [5.74, 6) is -1.44. The van der Waals surface area contributed by atoms with E-state index in [1.165, 1.54) is 18.2 Å². The number of aryl methyl sites for hydroxylation is 2. The molecule has 244 valence electrons. The SMILES string of the molecule is COc1ccc2cc1O[C@H]1C[C@@H](C(=O)NCCCCN(C(=O)c3cc(C)nn3C)CCCNC2=O)N(C(=O)c2cncc(F)c2)C1. The number of hydrogen-bond acceptors (Lipinski definition) is 8. The van der Waals surface area contributed by atoms with Gasteiger partial charge in [0.2, 0.25) is 5.91 Å². The zero-order valence-corrected chi connectivity index (χ0v) is 26.1. The highest BCUT2D eigenvalue weighted by Gasteiger charge is 2.41. The highest BCUT2D eigenvalue weighted by Crippen LogP contribution is 2.32. The van der Waals surface area contributed by atoms with Crippen molar-refractivity contribution in [1.82, 2.24) is 35.2 Å². The molecule has 2 aliphatic rings. The lowest BCUT2D eigenvalue weighted by Crippen LogP contribution is -2.46. The molecule has 46 heavy (non-hydrogen) atoms. The maximum absolute atomic E-state index is 13.9. The van der Waals surface area contributed by atoms with Crippen LogP contribution in [0.3, 0.4) is 0 Å². The minimum Gasteiger partial charge on any atom is -0.493 e. The average Bonchev–Trinajstić information content (AvgIpc) is 3.62. The smallest absolute Gasteiger partial charge is 0.272 e. The number of halogens is 1. The van der Waals surface area contributed by atoms with E-state index in [2.05, 4.69) is 20.7 Å². The summed E-state index contributed by atoms with van der Waals surface area (Å²) in [6.07, 6.45) is 3.50. The molecular weight excluding hydrogens is 597 g/mol. The lowest BCUT2D eigenvalue weighted by molar-refractivity contribution is -0.124. The molecule has 0 aliphatic carbocycles. The maximum atomic E-state index is 13.9. The van der Waals surface area contributed by atoms with Crippen LogP contribution in [0.4, 0.5) is 4.39 Å². The Bertz CT molecular complexity index is 1610. The summed E-state index contributed by atoms with van der Waals surface area (Å²) in [4.78, 5) is 60.3. The Hall–Kier alpha value is -5.01. The van der Waals surface area contributed by atoms with Gasteiger partial charge in [0.15, 0.2) is 11.5 Å². The van der Waals surface area contributed by atoms with Gasteiger partial charge in [-0.05, 0) is 56.5 Å². The number of amides is 4. The minimum absolute atomic E-state index is 0.0116. The van der Waals surface area contributed by atoms with E-state index in [0.717, 1.165) is 18.0 Å². The van der Waals surface area contributed by atoms with Gasteiger partial charge >= 0.3 is 0 Å². The normalized spacial score (nSPS) is 19.7. The molecular formula is C32H38FN7O6. The molecule has 0 saturated carbocycles. The number of ether oxygens (including phenoxy) is 2. The highest BCUT2D eigenvalue weighted by molar-refractivity contribution is 5.98. The van der Waals surface area contributed by atoms with Crippen molar-refractivity contribution in [2.24, 2.45) is 7.05 Å². The first-order valence-corrected chi connectivity index (χ1v) is 15.3. The van der Waals surface area contributed by atoms with Crippen LogP contribution < -0.4 is 20.1 Å². The number of hydrogen-bond donors (Lipinski definition) is 2. The van der Waals surface area contributed by atoms with E-state index >= 15 is 0 Å². The van der Waals surface area contributed by atoms with E-state index in [4.69, 9.17) is 9.47 Å². The van der Waals surface area contributed by atoms with E-state index in [1.54, 1.807) is 40.9 Å². The predicted octanol–water partition coefficient (Wildman–Crippen LogP) is 2.11. The third kappa shape index (κ3) is 7.44. The van der Waals surface area contributed by atoms with E-state index in [-0.39, 0.29) is 42.0 Å². The van der Waals surface area contributed by atoms with Crippen LogP contribution in [0.15, 0.2) is 42.7 Å². The molecule has 1 saturated heterocycles. The van der Waals surface area contributed by atoms with Gasteiger partial charge in [0.05, 0.1) is 31.1 Å². The van der Waals surface area contributed by atoms with Crippen LogP contribution in [0.1, 0.15) is 62.6 Å². The highest BCUT2D eigenvalue weighted by atomic mass is 19.1. The molecule has 2 aromatic heterocycles. The molecule has 14 heteroatoms. The number of methoxy groups -OCH3 is 1. The molecule has 4 heterocycles. The van der Waals surface area contributed by atoms with Crippen LogP contribution in [-0.4, -0.2) is 100 Å². The van der Waals surface area contributed by atoms with Crippen LogP contribution >= 0.6 is 0 Å². The van der Waals surface area contributed by atoms with Crippen molar-refractivity contribution < 1.29 is 33.0 Å². The Morgan fingerprint density at radius 3 is 2.54 bits per heavy atom. The van der Waals surface area contributed by atoms with E-state index in [1.807, 2.05) is 6.92 Å². The number of aromatic nitrogens is 3. The molecule has 4 amide bonds. The van der Waals surface area contributed by atoms with Crippen molar-refractivity contribution in [1.29, 1.82) is 0 Å². The van der Waals surface area contributed by atoms with Crippen molar-refractivity contribution in [3.05, 3.63) is 71.1 Å². The first kappa shape index (κ1) is 32.4. The zero-order chi connectivity index (χ0) is 32.8. The largest absolute Gasteiger partial charge is 0.493 e. The molecule has 5 rings (SSSR count). The van der Waals surface area contributed by atoms with Gasteiger partial charge in [-0.25, -0.2) is 4.39 Å². The van der Waals surface area contributed by atoms with Gasteiger partial charge in [-0.15, -0.1) is 0 Å². The van der Waals surface area contributed by atoms with E-state index in [0.29, 0.717) is 62.4 Å². The van der Waals surface area contributed by atoms with Crippen LogP contribution in [0, 0.1) is 12.7 Å². The molecule has 0 spiro atoms. The van der Waals surface area contributed by atoms with Gasteiger partial charge in [-0.3, -0.25) is 28.8 Å². The summed E-state index contributed by atoms with van der Waals surface area (Å²) in [7, 11) is 3.20. The molecule has 1 aromatic carbocycles. The molecule has 2 atom stereocenters. The number of pyridine rings is 1. The molecule has 2 N–H and O–H groups in total. The summed E-state index contributed by atoms with van der Waals surface area (Å²) < 4.78 is 27.2. The number of carbonyl (C=O) groups excluding carboxylic acids is 4. The standard InChI is InChI=1S/C32H38FN7O6/c1-20-13-26(38(2)37-20)32(44)39-11-5-4-9-36-30(42)25-16-24(19-40(25)31(43)22-14-23(33)18-34-17-22)46-28-15-21(7-8-27(28)45-3)29(41)35-10-6-12-39/h7-8,13-15,17-18,24-25H,4-6,9-12,16,19H2,1-3H3,(H,35,41)(H,36,42)/t24-,25-/m0/s1. The Morgan fingerprint density at radius 1 is 1.02 bits per heavy atom. The Morgan fingerprint density at radius 2 is 1.80 bits per heavy atom. The number of nitrogens with zero attached hydrogens (tertiary/aromatic N) is 5. The fourth-order valence-electron chi connectivity index (χ4n) is 5.76. The van der Waals surface area contributed by atoms with E-state index < -0.39 is 23.9 Å². The lowest BCUT2D eigenvalue weighted by atomic mass is 10.1. The van der Waals surface area contributed by atoms with Crippen LogP contribution in [0.2, 0.25) is 0 Å².